The number of nitrogens with zero attached hydrogens (tertiary/aromatic N) is 2. The van der Waals surface area contributed by atoms with Gasteiger partial charge < -0.3 is 15.8 Å². The molecule has 0 aliphatic carbocycles. The summed E-state index contributed by atoms with van der Waals surface area (Å²) in [5.74, 6) is -3.59. The Morgan fingerprint density at radius 3 is 2.08 bits per heavy atom. The number of hydrogen-bond donors (Lipinski definition) is 1. The molecule has 0 unspecified atom stereocenters. The number of fused-ring (bicyclic) bond motifs is 2. The van der Waals surface area contributed by atoms with Crippen LogP contribution in [0.5, 0.6) is 11.5 Å². The maximum atomic E-state index is 13.2. The third kappa shape index (κ3) is 4.60. The van der Waals surface area contributed by atoms with E-state index in [1.165, 1.54) is 18.2 Å². The molecule has 11 nitrogen and oxygen atoms in total. The number of benzene rings is 3. The zero-order valence-corrected chi connectivity index (χ0v) is 24.8. The largest absolute Gasteiger partial charge is 1.00 e. The molecule has 0 saturated carbocycles. The predicted molar refractivity (Wildman–Crippen MR) is 137 cm³/mol. The van der Waals surface area contributed by atoms with E-state index in [4.69, 9.17) is 9.47 Å². The normalized spacial score (nSPS) is 20.9. The smallest absolute Gasteiger partial charge is 1.00 e. The van der Waals surface area contributed by atoms with Crippen molar-refractivity contribution in [2.75, 3.05) is 12.3 Å². The minimum absolute atomic E-state index is 0. The summed E-state index contributed by atoms with van der Waals surface area (Å²) in [5.41, 5.74) is 1.39. The molecule has 0 radical (unpaired) electrons. The van der Waals surface area contributed by atoms with Crippen LogP contribution in [-0.4, -0.2) is 66.8 Å². The van der Waals surface area contributed by atoms with E-state index in [2.05, 4.69) is 0 Å². The summed E-state index contributed by atoms with van der Waals surface area (Å²) in [6.45, 7) is -0.0146. The second-order valence-electron chi connectivity index (χ2n) is 9.42. The molecule has 2 atom stereocenters. The van der Waals surface area contributed by atoms with E-state index in [-0.39, 0.29) is 54.6 Å². The second-order valence-corrected chi connectivity index (χ2v) is 12.7. The van der Waals surface area contributed by atoms with Gasteiger partial charge in [0.1, 0.15) is 11.8 Å². The first-order valence-corrected chi connectivity index (χ1v) is 15.0. The first-order chi connectivity index (χ1) is 18.5. The van der Waals surface area contributed by atoms with E-state index in [9.17, 15) is 31.0 Å². The molecule has 0 aromatic heterocycles. The molecule has 1 N–H and O–H groups in total. The zero-order valence-electron chi connectivity index (χ0n) is 22.2. The van der Waals surface area contributed by atoms with Crippen LogP contribution >= 0.6 is 0 Å². The Bertz CT molecular complexity index is 1670. The summed E-state index contributed by atoms with van der Waals surface area (Å²) in [5, 5.41) is 0. The zero-order chi connectivity index (χ0) is 27.6. The van der Waals surface area contributed by atoms with Gasteiger partial charge in [-0.1, -0.05) is 60.7 Å². The minimum atomic E-state index is -4.75. The van der Waals surface area contributed by atoms with Gasteiger partial charge in [-0.15, -0.1) is 0 Å². The van der Waals surface area contributed by atoms with E-state index in [1.807, 2.05) is 60.7 Å². The van der Waals surface area contributed by atoms with Crippen molar-refractivity contribution in [1.29, 1.82) is 0 Å². The molecule has 3 aliphatic heterocycles. The van der Waals surface area contributed by atoms with Crippen molar-refractivity contribution >= 4 is 32.0 Å². The molecule has 3 aliphatic rings. The number of hydrogen-bond acceptors (Lipinski definition) is 8. The van der Waals surface area contributed by atoms with Gasteiger partial charge in [0.05, 0.1) is 10.9 Å². The fourth-order valence-electron chi connectivity index (χ4n) is 5.32. The van der Waals surface area contributed by atoms with Crippen LogP contribution in [0.3, 0.4) is 0 Å². The van der Waals surface area contributed by atoms with E-state index in [1.54, 1.807) is 0 Å². The molecule has 3 heterocycles. The number of sulfone groups is 1. The first kappa shape index (κ1) is 28.6. The third-order valence-electron chi connectivity index (χ3n) is 7.11. The van der Waals surface area contributed by atoms with Crippen molar-refractivity contribution in [2.45, 2.75) is 29.2 Å². The average Bonchev–Trinajstić information content (AvgIpc) is 3.48. The Morgan fingerprint density at radius 2 is 1.50 bits per heavy atom. The number of likely N-dealkylation sites (tertiary alicyclic amines) is 1. The summed E-state index contributed by atoms with van der Waals surface area (Å²) in [7, 11) is -8.93. The van der Waals surface area contributed by atoms with Gasteiger partial charge in [-0.2, -0.15) is 8.42 Å². The van der Waals surface area contributed by atoms with Crippen LogP contribution in [0, 0.1) is 0 Å². The van der Waals surface area contributed by atoms with Gasteiger partial charge in [0, 0.05) is 23.7 Å². The second kappa shape index (κ2) is 10.2. The van der Waals surface area contributed by atoms with E-state index in [0.29, 0.717) is 21.2 Å². The molecule has 0 spiro atoms. The average molecular weight is 595 g/mol. The Kier molecular flexibility index (Phi) is 7.26. The number of carbonyl (C=O) groups is 2. The van der Waals surface area contributed by atoms with Crippen molar-refractivity contribution < 1.29 is 71.4 Å². The van der Waals surface area contributed by atoms with E-state index >= 15 is 0 Å². The SMILES string of the molecule is O=C(CS(=O)(=O)c1ccc2c(c1)OC(c1ccccc1)(c1ccccc1)O2)N1CC[C@@H]2[C@H]1C(=O)N2S(=O)(=O)O.[H-].[Na+]. The first-order valence-electron chi connectivity index (χ1n) is 12.0. The van der Waals surface area contributed by atoms with Gasteiger partial charge in [0.25, 0.3) is 5.91 Å². The van der Waals surface area contributed by atoms with Crippen molar-refractivity contribution in [2.24, 2.45) is 0 Å². The Balaban J connectivity index is 0.00000194. The molecule has 40 heavy (non-hydrogen) atoms. The molecule has 14 heteroatoms. The van der Waals surface area contributed by atoms with Crippen LogP contribution in [-0.2, 0) is 35.5 Å². The molecular weight excluding hydrogens is 571 g/mol. The molecule has 2 saturated heterocycles. The number of β-lactam (4-membered cyclic amide) rings is 1. The minimum Gasteiger partial charge on any atom is -1.00 e. The van der Waals surface area contributed by atoms with Gasteiger partial charge in [-0.05, 0) is 18.6 Å². The van der Waals surface area contributed by atoms with Crippen LogP contribution in [0.2, 0.25) is 0 Å². The van der Waals surface area contributed by atoms with Gasteiger partial charge in [-0.3, -0.25) is 14.1 Å². The van der Waals surface area contributed by atoms with Gasteiger partial charge in [0.2, 0.25) is 5.91 Å². The van der Waals surface area contributed by atoms with E-state index in [0.717, 1.165) is 4.90 Å². The quantitative estimate of drug-likeness (QED) is 0.213. The van der Waals surface area contributed by atoms with Crippen molar-refractivity contribution in [3.8, 4) is 11.5 Å². The molecule has 204 valence electrons. The van der Waals surface area contributed by atoms with Gasteiger partial charge in [0.15, 0.2) is 21.3 Å². The maximum absolute atomic E-state index is 13.2. The van der Waals surface area contributed by atoms with Crippen LogP contribution in [0.1, 0.15) is 19.0 Å². The number of ether oxygens (including phenoxy) is 2. The standard InChI is InChI=1S/C26H22N2O9S2.Na.H/c29-23(27-14-13-20-24(27)25(30)28(20)39(33,34)35)16-38(31,32)19-11-12-21-22(15-19)37-26(36-21,17-7-3-1-4-8-17)18-9-5-2-6-10-18;;/h1-12,15,20,24H,13-14,16H2,(H,33,34,35);;/q;+1;-1/t20-,24+;;/m1../s1. The fraction of sp³-hybridized carbons (Fsp3) is 0.231. The monoisotopic (exact) mass is 594 g/mol. The molecule has 2 amide bonds. The number of amides is 2. The summed E-state index contributed by atoms with van der Waals surface area (Å²) in [4.78, 5) is 26.1. The van der Waals surface area contributed by atoms with Crippen LogP contribution in [0.4, 0.5) is 0 Å². The number of carbonyl (C=O) groups excluding carboxylic acids is 2. The van der Waals surface area contributed by atoms with Gasteiger partial charge >= 0.3 is 45.6 Å². The van der Waals surface area contributed by atoms with Crippen LogP contribution < -0.4 is 39.0 Å². The van der Waals surface area contributed by atoms with Gasteiger partial charge in [-0.25, -0.2) is 12.7 Å². The summed E-state index contributed by atoms with van der Waals surface area (Å²) >= 11 is 0. The number of rotatable bonds is 6. The molecule has 3 aromatic rings. The molecule has 2 fully saturated rings. The topological polar surface area (TPSA) is 148 Å². The van der Waals surface area contributed by atoms with Crippen LogP contribution in [0.25, 0.3) is 0 Å². The van der Waals surface area contributed by atoms with Crippen molar-refractivity contribution in [3.63, 3.8) is 0 Å². The van der Waals surface area contributed by atoms with Crippen molar-refractivity contribution in [1.82, 2.24) is 9.21 Å². The Hall–Kier alpha value is -2.94. The van der Waals surface area contributed by atoms with E-state index < -0.39 is 55.6 Å². The maximum Gasteiger partial charge on any atom is 1.00 e. The molecule has 3 aromatic carbocycles. The van der Waals surface area contributed by atoms with Crippen LogP contribution in [0.15, 0.2) is 83.8 Å². The molecule has 0 bridgehead atoms. The summed E-state index contributed by atoms with van der Waals surface area (Å²) in [6.07, 6.45) is 0.104. The third-order valence-corrected chi connectivity index (χ3v) is 9.66. The Morgan fingerprint density at radius 1 is 0.925 bits per heavy atom. The summed E-state index contributed by atoms with van der Waals surface area (Å²) in [6, 6.07) is 20.4. The van der Waals surface area contributed by atoms with Crippen molar-refractivity contribution in [3.05, 3.63) is 90.0 Å². The molecule has 6 rings (SSSR count). The predicted octanol–water partition coefficient (Wildman–Crippen LogP) is -1.14. The summed E-state index contributed by atoms with van der Waals surface area (Å²) < 4.78 is 71.4. The Labute approximate surface area is 254 Å². The fourth-order valence-corrected chi connectivity index (χ4v) is 7.44. The molecular formula is C26H23N2NaO9S2.